The Hall–Kier alpha value is -1.97. The molecule has 0 aliphatic heterocycles. The molecule has 5 heteroatoms. The molecule has 0 saturated carbocycles. The van der Waals surface area contributed by atoms with Crippen LogP contribution in [-0.2, 0) is 13.1 Å². The van der Waals surface area contributed by atoms with Crippen LogP contribution in [0.3, 0.4) is 0 Å². The molecule has 3 rings (SSSR count). The first-order valence-electron chi connectivity index (χ1n) is 6.95. The molecule has 0 fully saturated rings. The highest BCUT2D eigenvalue weighted by Crippen LogP contribution is 2.22. The summed E-state index contributed by atoms with van der Waals surface area (Å²) in [4.78, 5) is 4.41. The van der Waals surface area contributed by atoms with E-state index in [1.165, 1.54) is 0 Å². The van der Waals surface area contributed by atoms with Gasteiger partial charge in [-0.05, 0) is 29.8 Å². The van der Waals surface area contributed by atoms with Crippen molar-refractivity contribution in [3.8, 4) is 0 Å². The zero-order valence-electron chi connectivity index (χ0n) is 11.8. The van der Waals surface area contributed by atoms with E-state index in [-0.39, 0.29) is 0 Å². The molecular formula is C17H15Cl2N3. The second kappa shape index (κ2) is 6.86. The summed E-state index contributed by atoms with van der Waals surface area (Å²) in [6, 6.07) is 15.6. The van der Waals surface area contributed by atoms with Crippen LogP contribution in [0.4, 0.5) is 5.69 Å². The fourth-order valence-electron chi connectivity index (χ4n) is 2.22. The van der Waals surface area contributed by atoms with Crippen LogP contribution in [0.5, 0.6) is 0 Å². The highest BCUT2D eigenvalue weighted by molar-refractivity contribution is 6.35. The van der Waals surface area contributed by atoms with Crippen molar-refractivity contribution in [3.05, 3.63) is 82.4 Å². The van der Waals surface area contributed by atoms with E-state index in [2.05, 4.69) is 14.9 Å². The highest BCUT2D eigenvalue weighted by atomic mass is 35.5. The number of hydrogen-bond acceptors (Lipinski definition) is 2. The quantitative estimate of drug-likeness (QED) is 0.724. The van der Waals surface area contributed by atoms with E-state index in [0.717, 1.165) is 17.1 Å². The molecule has 2 aromatic carbocycles. The minimum atomic E-state index is 0.644. The third kappa shape index (κ3) is 3.62. The summed E-state index contributed by atoms with van der Waals surface area (Å²) in [7, 11) is 0. The van der Waals surface area contributed by atoms with E-state index in [4.69, 9.17) is 23.2 Å². The van der Waals surface area contributed by atoms with Crippen LogP contribution in [0.1, 0.15) is 11.4 Å². The summed E-state index contributed by atoms with van der Waals surface area (Å²) < 4.78 is 2.07. The molecule has 1 N–H and O–H groups in total. The topological polar surface area (TPSA) is 29.9 Å². The third-order valence-electron chi connectivity index (χ3n) is 3.38. The van der Waals surface area contributed by atoms with Gasteiger partial charge in [0.05, 0.1) is 13.1 Å². The van der Waals surface area contributed by atoms with E-state index in [1.807, 2.05) is 48.7 Å². The average molecular weight is 332 g/mol. The number of para-hydroxylation sites is 1. The lowest BCUT2D eigenvalue weighted by Crippen LogP contribution is -2.09. The van der Waals surface area contributed by atoms with Crippen molar-refractivity contribution in [2.24, 2.45) is 0 Å². The zero-order valence-corrected chi connectivity index (χ0v) is 13.3. The fraction of sp³-hybridized carbons (Fsp3) is 0.118. The Kier molecular flexibility index (Phi) is 4.66. The molecule has 0 unspecified atom stereocenters. The Balaban J connectivity index is 1.72. The molecule has 3 aromatic rings. The molecule has 0 atom stereocenters. The molecule has 0 aliphatic carbocycles. The molecule has 1 aromatic heterocycles. The molecule has 0 radical (unpaired) electrons. The number of halogens is 2. The van der Waals surface area contributed by atoms with Gasteiger partial charge in [0.25, 0.3) is 0 Å². The van der Waals surface area contributed by atoms with Crippen molar-refractivity contribution in [2.45, 2.75) is 13.1 Å². The van der Waals surface area contributed by atoms with Crippen molar-refractivity contribution >= 4 is 28.9 Å². The maximum Gasteiger partial charge on any atom is 0.128 e. The van der Waals surface area contributed by atoms with E-state index in [1.54, 1.807) is 12.3 Å². The van der Waals surface area contributed by atoms with Crippen LogP contribution in [0.2, 0.25) is 10.0 Å². The third-order valence-corrected chi connectivity index (χ3v) is 3.97. The van der Waals surface area contributed by atoms with Gasteiger partial charge in [-0.15, -0.1) is 0 Å². The number of hydrogen-bond donors (Lipinski definition) is 1. The first-order chi connectivity index (χ1) is 10.7. The minimum absolute atomic E-state index is 0.644. The molecule has 0 saturated heterocycles. The Bertz CT molecular complexity index is 754. The van der Waals surface area contributed by atoms with Gasteiger partial charge >= 0.3 is 0 Å². The number of rotatable bonds is 5. The Morgan fingerprint density at radius 1 is 1.05 bits per heavy atom. The molecule has 0 bridgehead atoms. The average Bonchev–Trinajstić information content (AvgIpc) is 2.96. The first-order valence-corrected chi connectivity index (χ1v) is 7.71. The normalized spacial score (nSPS) is 10.6. The zero-order chi connectivity index (χ0) is 15.4. The van der Waals surface area contributed by atoms with Crippen LogP contribution in [0, 0.1) is 0 Å². The maximum atomic E-state index is 6.24. The maximum absolute atomic E-state index is 6.24. The lowest BCUT2D eigenvalue weighted by Gasteiger charge is -2.11. The summed E-state index contributed by atoms with van der Waals surface area (Å²) in [6.45, 7) is 1.32. The van der Waals surface area contributed by atoms with Gasteiger partial charge in [-0.25, -0.2) is 4.98 Å². The summed E-state index contributed by atoms with van der Waals surface area (Å²) in [5.74, 6) is 0.954. The molecule has 0 spiro atoms. The number of nitrogens with one attached hydrogen (secondary N) is 1. The van der Waals surface area contributed by atoms with Crippen molar-refractivity contribution in [3.63, 3.8) is 0 Å². The standard InChI is InChI=1S/C17H15Cl2N3/c18-14-7-6-13(16(19)10-14)12-22-9-8-20-17(22)11-21-15-4-2-1-3-5-15/h1-10,21H,11-12H2. The lowest BCUT2D eigenvalue weighted by atomic mass is 10.2. The molecule has 0 amide bonds. The number of imidazole rings is 1. The second-order valence-electron chi connectivity index (χ2n) is 4.93. The summed E-state index contributed by atoms with van der Waals surface area (Å²) in [5, 5.41) is 4.67. The van der Waals surface area contributed by atoms with E-state index >= 15 is 0 Å². The number of benzene rings is 2. The molecule has 22 heavy (non-hydrogen) atoms. The lowest BCUT2D eigenvalue weighted by molar-refractivity contribution is 0.735. The number of aromatic nitrogens is 2. The van der Waals surface area contributed by atoms with Gasteiger partial charge in [0.2, 0.25) is 0 Å². The molecular weight excluding hydrogens is 317 g/mol. The second-order valence-corrected chi connectivity index (χ2v) is 5.77. The predicted molar refractivity (Wildman–Crippen MR) is 91.6 cm³/mol. The van der Waals surface area contributed by atoms with Crippen molar-refractivity contribution < 1.29 is 0 Å². The highest BCUT2D eigenvalue weighted by Gasteiger charge is 2.06. The van der Waals surface area contributed by atoms with Gasteiger partial charge in [-0.3, -0.25) is 0 Å². The molecule has 112 valence electrons. The number of nitrogens with zero attached hydrogens (tertiary/aromatic N) is 2. The van der Waals surface area contributed by atoms with Gasteiger partial charge in [-0.2, -0.15) is 0 Å². The van der Waals surface area contributed by atoms with Gasteiger partial charge in [0, 0.05) is 28.1 Å². The van der Waals surface area contributed by atoms with Crippen molar-refractivity contribution in [2.75, 3.05) is 5.32 Å². The van der Waals surface area contributed by atoms with Gasteiger partial charge < -0.3 is 9.88 Å². The Morgan fingerprint density at radius 2 is 1.86 bits per heavy atom. The van der Waals surface area contributed by atoms with Crippen LogP contribution in [-0.4, -0.2) is 9.55 Å². The summed E-state index contributed by atoms with van der Waals surface area (Å²) in [5.41, 5.74) is 2.09. The Morgan fingerprint density at radius 3 is 2.64 bits per heavy atom. The van der Waals surface area contributed by atoms with Crippen LogP contribution in [0.15, 0.2) is 60.9 Å². The van der Waals surface area contributed by atoms with Gasteiger partial charge in [0.15, 0.2) is 0 Å². The van der Waals surface area contributed by atoms with Gasteiger partial charge in [0.1, 0.15) is 5.82 Å². The van der Waals surface area contributed by atoms with E-state index < -0.39 is 0 Å². The van der Waals surface area contributed by atoms with E-state index in [9.17, 15) is 0 Å². The summed E-state index contributed by atoms with van der Waals surface area (Å²) in [6.07, 6.45) is 3.75. The van der Waals surface area contributed by atoms with Crippen LogP contribution < -0.4 is 5.32 Å². The van der Waals surface area contributed by atoms with Crippen molar-refractivity contribution in [1.82, 2.24) is 9.55 Å². The SMILES string of the molecule is Clc1ccc(Cn2ccnc2CNc2ccccc2)c(Cl)c1. The smallest absolute Gasteiger partial charge is 0.128 e. The minimum Gasteiger partial charge on any atom is -0.378 e. The van der Waals surface area contributed by atoms with Gasteiger partial charge in [-0.1, -0.05) is 47.5 Å². The monoisotopic (exact) mass is 331 g/mol. The van der Waals surface area contributed by atoms with Crippen molar-refractivity contribution in [1.29, 1.82) is 0 Å². The first kappa shape index (κ1) is 14.9. The molecule has 0 aliphatic rings. The van der Waals surface area contributed by atoms with Crippen LogP contribution in [0.25, 0.3) is 0 Å². The molecule has 3 nitrogen and oxygen atoms in total. The number of anilines is 1. The summed E-state index contributed by atoms with van der Waals surface area (Å²) >= 11 is 12.2. The molecule has 1 heterocycles. The van der Waals surface area contributed by atoms with Crippen LogP contribution >= 0.6 is 23.2 Å². The Labute approximate surface area is 139 Å². The largest absolute Gasteiger partial charge is 0.378 e. The fourth-order valence-corrected chi connectivity index (χ4v) is 2.69. The van der Waals surface area contributed by atoms with E-state index in [0.29, 0.717) is 23.1 Å². The predicted octanol–water partition coefficient (Wildman–Crippen LogP) is 4.85.